The Balaban J connectivity index is 1.64. The third-order valence-electron chi connectivity index (χ3n) is 3.39. The van der Waals surface area contributed by atoms with Crippen molar-refractivity contribution >= 4 is 22.5 Å². The number of pyridine rings is 1. The number of anilines is 2. The van der Waals surface area contributed by atoms with Crippen molar-refractivity contribution in [1.82, 2.24) is 14.3 Å². The van der Waals surface area contributed by atoms with Crippen molar-refractivity contribution in [2.75, 3.05) is 42.6 Å². The molecule has 0 saturated carbocycles. The van der Waals surface area contributed by atoms with Crippen LogP contribution in [0.4, 0.5) is 10.9 Å². The first-order valence-corrected chi connectivity index (χ1v) is 7.93. The molecule has 1 saturated heterocycles. The summed E-state index contributed by atoms with van der Waals surface area (Å²) < 4.78 is 9.71. The maximum atomic E-state index is 5.47. The third kappa shape index (κ3) is 3.24. The van der Waals surface area contributed by atoms with Gasteiger partial charge in [-0.15, -0.1) is 0 Å². The largest absolute Gasteiger partial charge is 0.478 e. The fraction of sp³-hybridized carbons (Fsp3) is 0.500. The SMILES string of the molecule is CCOc1cccc(N2CCN(c3nc(C)ns3)CC2)n1. The van der Waals surface area contributed by atoms with E-state index in [0.29, 0.717) is 12.5 Å². The minimum absolute atomic E-state index is 0.640. The molecule has 3 heterocycles. The molecule has 2 aromatic heterocycles. The van der Waals surface area contributed by atoms with Gasteiger partial charge < -0.3 is 14.5 Å². The Hall–Kier alpha value is -1.89. The molecule has 1 fully saturated rings. The quantitative estimate of drug-likeness (QED) is 0.861. The average molecular weight is 305 g/mol. The van der Waals surface area contributed by atoms with Gasteiger partial charge in [0.2, 0.25) is 11.0 Å². The molecule has 0 aliphatic carbocycles. The molecule has 0 unspecified atom stereocenters. The fourth-order valence-corrected chi connectivity index (χ4v) is 3.08. The summed E-state index contributed by atoms with van der Waals surface area (Å²) in [5.74, 6) is 2.52. The number of rotatable bonds is 4. The lowest BCUT2D eigenvalue weighted by atomic mass is 10.3. The van der Waals surface area contributed by atoms with Crippen LogP contribution in [-0.4, -0.2) is 47.1 Å². The molecule has 0 amide bonds. The molecule has 1 aliphatic rings. The molecule has 0 bridgehead atoms. The van der Waals surface area contributed by atoms with Crippen molar-refractivity contribution in [3.05, 3.63) is 24.0 Å². The summed E-state index contributed by atoms with van der Waals surface area (Å²) in [5, 5.41) is 1.02. The number of nitrogens with zero attached hydrogens (tertiary/aromatic N) is 5. The van der Waals surface area contributed by atoms with E-state index in [2.05, 4.69) is 24.1 Å². The minimum Gasteiger partial charge on any atom is -0.478 e. The van der Waals surface area contributed by atoms with Gasteiger partial charge >= 0.3 is 0 Å². The van der Waals surface area contributed by atoms with Crippen LogP contribution in [0.3, 0.4) is 0 Å². The van der Waals surface area contributed by atoms with E-state index < -0.39 is 0 Å². The van der Waals surface area contributed by atoms with Gasteiger partial charge in [0.15, 0.2) is 0 Å². The van der Waals surface area contributed by atoms with Crippen LogP contribution in [-0.2, 0) is 0 Å². The van der Waals surface area contributed by atoms with Gasteiger partial charge in [0.1, 0.15) is 11.6 Å². The van der Waals surface area contributed by atoms with E-state index in [1.165, 1.54) is 11.5 Å². The molecule has 3 rings (SSSR count). The van der Waals surface area contributed by atoms with Gasteiger partial charge in [-0.2, -0.15) is 9.36 Å². The number of aryl methyl sites for hydroxylation is 1. The molecule has 112 valence electrons. The first kappa shape index (κ1) is 14.1. The minimum atomic E-state index is 0.640. The molecule has 2 aromatic rings. The fourth-order valence-electron chi connectivity index (χ4n) is 2.35. The predicted molar refractivity (Wildman–Crippen MR) is 84.5 cm³/mol. The van der Waals surface area contributed by atoms with Crippen molar-refractivity contribution < 1.29 is 4.74 Å². The van der Waals surface area contributed by atoms with Crippen molar-refractivity contribution in [1.29, 1.82) is 0 Å². The van der Waals surface area contributed by atoms with Crippen molar-refractivity contribution in [2.45, 2.75) is 13.8 Å². The highest BCUT2D eigenvalue weighted by Crippen LogP contribution is 2.22. The van der Waals surface area contributed by atoms with Crippen LogP contribution >= 0.6 is 11.5 Å². The number of ether oxygens (including phenoxy) is 1. The van der Waals surface area contributed by atoms with E-state index in [4.69, 9.17) is 4.74 Å². The van der Waals surface area contributed by atoms with E-state index in [9.17, 15) is 0 Å². The molecule has 0 spiro atoms. The van der Waals surface area contributed by atoms with Gasteiger partial charge in [0, 0.05) is 43.8 Å². The summed E-state index contributed by atoms with van der Waals surface area (Å²) in [6.07, 6.45) is 0. The molecule has 0 radical (unpaired) electrons. The van der Waals surface area contributed by atoms with Crippen LogP contribution < -0.4 is 14.5 Å². The van der Waals surface area contributed by atoms with Crippen molar-refractivity contribution in [3.8, 4) is 5.88 Å². The maximum Gasteiger partial charge on any atom is 0.215 e. The first-order valence-electron chi connectivity index (χ1n) is 7.16. The summed E-state index contributed by atoms with van der Waals surface area (Å²) in [7, 11) is 0. The molecular weight excluding hydrogens is 286 g/mol. The lowest BCUT2D eigenvalue weighted by Gasteiger charge is -2.35. The highest BCUT2D eigenvalue weighted by atomic mass is 32.1. The summed E-state index contributed by atoms with van der Waals surface area (Å²) in [4.78, 5) is 13.6. The summed E-state index contributed by atoms with van der Waals surface area (Å²) in [6, 6.07) is 5.92. The topological polar surface area (TPSA) is 54.4 Å². The lowest BCUT2D eigenvalue weighted by molar-refractivity contribution is 0.327. The van der Waals surface area contributed by atoms with Crippen LogP contribution in [0.25, 0.3) is 0 Å². The first-order chi connectivity index (χ1) is 10.3. The number of hydrogen-bond donors (Lipinski definition) is 0. The van der Waals surface area contributed by atoms with Crippen molar-refractivity contribution in [2.24, 2.45) is 0 Å². The monoisotopic (exact) mass is 305 g/mol. The van der Waals surface area contributed by atoms with E-state index >= 15 is 0 Å². The van der Waals surface area contributed by atoms with E-state index in [0.717, 1.165) is 43.0 Å². The van der Waals surface area contributed by atoms with Gasteiger partial charge in [-0.1, -0.05) is 6.07 Å². The smallest absolute Gasteiger partial charge is 0.215 e. The maximum absolute atomic E-state index is 5.47. The Labute approximate surface area is 128 Å². The number of hydrogen-bond acceptors (Lipinski definition) is 7. The van der Waals surface area contributed by atoms with E-state index in [-0.39, 0.29) is 0 Å². The van der Waals surface area contributed by atoms with Gasteiger partial charge in [0.25, 0.3) is 0 Å². The van der Waals surface area contributed by atoms with Crippen LogP contribution in [0.2, 0.25) is 0 Å². The van der Waals surface area contributed by atoms with E-state index in [1.807, 2.05) is 32.0 Å². The number of piperazine rings is 1. The Kier molecular flexibility index (Phi) is 4.19. The van der Waals surface area contributed by atoms with Gasteiger partial charge in [-0.25, -0.2) is 4.98 Å². The normalized spacial score (nSPS) is 15.3. The second-order valence-electron chi connectivity index (χ2n) is 4.87. The van der Waals surface area contributed by atoms with Gasteiger partial charge in [-0.05, 0) is 19.9 Å². The summed E-state index contributed by atoms with van der Waals surface area (Å²) in [5.41, 5.74) is 0. The zero-order valence-corrected chi connectivity index (χ0v) is 13.1. The zero-order chi connectivity index (χ0) is 14.7. The molecule has 0 N–H and O–H groups in total. The highest BCUT2D eigenvalue weighted by Gasteiger charge is 2.20. The zero-order valence-electron chi connectivity index (χ0n) is 12.3. The van der Waals surface area contributed by atoms with Crippen molar-refractivity contribution in [3.63, 3.8) is 0 Å². The summed E-state index contributed by atoms with van der Waals surface area (Å²) in [6.45, 7) is 8.28. The van der Waals surface area contributed by atoms with Crippen LogP contribution in [0.5, 0.6) is 5.88 Å². The van der Waals surface area contributed by atoms with Crippen LogP contribution in [0, 0.1) is 6.92 Å². The Morgan fingerprint density at radius 2 is 1.90 bits per heavy atom. The highest BCUT2D eigenvalue weighted by molar-refractivity contribution is 7.09. The van der Waals surface area contributed by atoms with Gasteiger partial charge in [-0.3, -0.25) is 0 Å². The Morgan fingerprint density at radius 1 is 1.14 bits per heavy atom. The molecular formula is C14H19N5OS. The molecule has 21 heavy (non-hydrogen) atoms. The Bertz CT molecular complexity index is 595. The van der Waals surface area contributed by atoms with Crippen LogP contribution in [0.15, 0.2) is 18.2 Å². The molecule has 0 atom stereocenters. The standard InChI is InChI=1S/C14H19N5OS/c1-3-20-13-6-4-5-12(16-13)18-7-9-19(10-8-18)14-15-11(2)17-21-14/h4-6H,3,7-10H2,1-2H3. The molecule has 1 aliphatic heterocycles. The van der Waals surface area contributed by atoms with E-state index in [1.54, 1.807) is 0 Å². The second kappa shape index (κ2) is 6.26. The number of aromatic nitrogens is 3. The molecule has 6 nitrogen and oxygen atoms in total. The van der Waals surface area contributed by atoms with Crippen LogP contribution in [0.1, 0.15) is 12.7 Å². The second-order valence-corrected chi connectivity index (χ2v) is 5.60. The summed E-state index contributed by atoms with van der Waals surface area (Å²) >= 11 is 1.47. The van der Waals surface area contributed by atoms with Gasteiger partial charge in [0.05, 0.1) is 6.61 Å². The molecule has 7 heteroatoms. The third-order valence-corrected chi connectivity index (χ3v) is 4.26. The Morgan fingerprint density at radius 3 is 2.57 bits per heavy atom. The average Bonchev–Trinajstić information content (AvgIpc) is 2.95. The molecule has 0 aromatic carbocycles. The predicted octanol–water partition coefficient (Wildman–Crippen LogP) is 1.97. The lowest BCUT2D eigenvalue weighted by Crippen LogP contribution is -2.46.